The Labute approximate surface area is 105 Å². The fourth-order valence-corrected chi connectivity index (χ4v) is 2.10. The van der Waals surface area contributed by atoms with Gasteiger partial charge in [0.1, 0.15) is 0 Å². The highest BCUT2D eigenvalue weighted by Crippen LogP contribution is 2.09. The van der Waals surface area contributed by atoms with E-state index in [9.17, 15) is 4.79 Å². The average molecular weight is 294 g/mol. The van der Waals surface area contributed by atoms with Crippen molar-refractivity contribution in [2.24, 2.45) is 5.92 Å². The Morgan fingerprint density at radius 1 is 1.50 bits per heavy atom. The van der Waals surface area contributed by atoms with E-state index in [4.69, 9.17) is 9.47 Å². The highest BCUT2D eigenvalue weighted by Gasteiger charge is 2.25. The van der Waals surface area contributed by atoms with E-state index in [1.807, 2.05) is 0 Å². The van der Waals surface area contributed by atoms with Crippen molar-refractivity contribution in [3.63, 3.8) is 0 Å². The van der Waals surface area contributed by atoms with Crippen molar-refractivity contribution in [1.82, 2.24) is 5.32 Å². The van der Waals surface area contributed by atoms with Gasteiger partial charge in [0.25, 0.3) is 5.91 Å². The number of alkyl halides is 1. The minimum Gasteiger partial charge on any atom is -0.376 e. The molecule has 0 aliphatic carbocycles. The molecule has 1 amide bonds. The van der Waals surface area contributed by atoms with Crippen molar-refractivity contribution in [2.75, 3.05) is 25.2 Å². The molecule has 0 aromatic carbocycles. The molecule has 1 heterocycles. The Balaban J connectivity index is 2.40. The zero-order valence-corrected chi connectivity index (χ0v) is 11.5. The van der Waals surface area contributed by atoms with Crippen LogP contribution in [0.3, 0.4) is 0 Å². The molecule has 0 aromatic heterocycles. The second-order valence-electron chi connectivity index (χ2n) is 4.27. The largest absolute Gasteiger partial charge is 0.376 e. The lowest BCUT2D eigenvalue weighted by Crippen LogP contribution is -2.48. The standard InChI is InChI=1S/C11H20BrNO3/c1-8(2)9(3-4-12)13-11(14)10-7-15-5-6-16-10/h8-10H,3-7H2,1-2H3,(H,13,14). The molecule has 94 valence electrons. The molecule has 2 unspecified atom stereocenters. The molecule has 1 aliphatic rings. The van der Waals surface area contributed by atoms with Gasteiger partial charge in [0, 0.05) is 11.4 Å². The van der Waals surface area contributed by atoms with E-state index in [-0.39, 0.29) is 11.9 Å². The first-order chi connectivity index (χ1) is 7.65. The molecule has 0 spiro atoms. The van der Waals surface area contributed by atoms with Gasteiger partial charge in [0.2, 0.25) is 0 Å². The molecular weight excluding hydrogens is 274 g/mol. The molecule has 1 saturated heterocycles. The third-order valence-corrected chi connectivity index (χ3v) is 3.12. The number of amides is 1. The van der Waals surface area contributed by atoms with Crippen LogP contribution in [0, 0.1) is 5.92 Å². The predicted molar refractivity (Wildman–Crippen MR) is 65.7 cm³/mol. The maximum atomic E-state index is 11.9. The summed E-state index contributed by atoms with van der Waals surface area (Å²) in [6, 6.07) is 0.192. The number of carbonyl (C=O) groups excluding carboxylic acids is 1. The van der Waals surface area contributed by atoms with Crippen molar-refractivity contribution in [3.05, 3.63) is 0 Å². The maximum absolute atomic E-state index is 11.9. The third-order valence-electron chi connectivity index (χ3n) is 2.66. The molecule has 4 nitrogen and oxygen atoms in total. The van der Waals surface area contributed by atoms with Crippen LogP contribution in [0.15, 0.2) is 0 Å². The molecule has 5 heteroatoms. The Morgan fingerprint density at radius 2 is 2.25 bits per heavy atom. The topological polar surface area (TPSA) is 47.6 Å². The summed E-state index contributed by atoms with van der Waals surface area (Å²) in [4.78, 5) is 11.9. The van der Waals surface area contributed by atoms with Crippen LogP contribution in [0.1, 0.15) is 20.3 Å². The van der Waals surface area contributed by atoms with Crippen LogP contribution >= 0.6 is 15.9 Å². The van der Waals surface area contributed by atoms with E-state index in [0.717, 1.165) is 11.8 Å². The Hall–Kier alpha value is -0.130. The molecule has 0 aromatic rings. The number of carbonyl (C=O) groups is 1. The molecule has 0 radical (unpaired) electrons. The van der Waals surface area contributed by atoms with Gasteiger partial charge in [-0.05, 0) is 12.3 Å². The number of rotatable bonds is 5. The number of nitrogens with one attached hydrogen (secondary N) is 1. The van der Waals surface area contributed by atoms with Crippen molar-refractivity contribution in [3.8, 4) is 0 Å². The van der Waals surface area contributed by atoms with Gasteiger partial charge in [-0.3, -0.25) is 4.79 Å². The normalized spacial score (nSPS) is 23.1. The summed E-state index contributed by atoms with van der Waals surface area (Å²) in [6.07, 6.45) is 0.488. The van der Waals surface area contributed by atoms with Gasteiger partial charge in [-0.15, -0.1) is 0 Å². The second-order valence-corrected chi connectivity index (χ2v) is 5.06. The van der Waals surface area contributed by atoms with Gasteiger partial charge < -0.3 is 14.8 Å². The highest BCUT2D eigenvalue weighted by atomic mass is 79.9. The van der Waals surface area contributed by atoms with E-state index in [2.05, 4.69) is 35.1 Å². The quantitative estimate of drug-likeness (QED) is 0.778. The highest BCUT2D eigenvalue weighted by molar-refractivity contribution is 9.09. The fraction of sp³-hybridized carbons (Fsp3) is 0.909. The molecule has 1 N–H and O–H groups in total. The lowest BCUT2D eigenvalue weighted by atomic mass is 10.0. The summed E-state index contributed by atoms with van der Waals surface area (Å²) in [6.45, 7) is 5.66. The predicted octanol–water partition coefficient (Wildman–Crippen LogP) is 1.33. The molecule has 1 rings (SSSR count). The molecule has 0 bridgehead atoms. The van der Waals surface area contributed by atoms with Crippen LogP contribution in [0.4, 0.5) is 0 Å². The number of halogens is 1. The minimum absolute atomic E-state index is 0.0562. The Bertz CT molecular complexity index is 217. The summed E-state index contributed by atoms with van der Waals surface area (Å²) in [5, 5.41) is 3.90. The lowest BCUT2D eigenvalue weighted by Gasteiger charge is -2.27. The van der Waals surface area contributed by atoms with E-state index in [1.54, 1.807) is 0 Å². The van der Waals surface area contributed by atoms with Crippen LogP contribution in [0.25, 0.3) is 0 Å². The number of hydrogen-bond acceptors (Lipinski definition) is 3. The van der Waals surface area contributed by atoms with E-state index < -0.39 is 6.10 Å². The van der Waals surface area contributed by atoms with Crippen molar-refractivity contribution in [1.29, 1.82) is 0 Å². The van der Waals surface area contributed by atoms with Gasteiger partial charge in [-0.25, -0.2) is 0 Å². The van der Waals surface area contributed by atoms with Crippen molar-refractivity contribution < 1.29 is 14.3 Å². The minimum atomic E-state index is -0.440. The van der Waals surface area contributed by atoms with Gasteiger partial charge >= 0.3 is 0 Å². The summed E-state index contributed by atoms with van der Waals surface area (Å²) >= 11 is 3.40. The molecule has 1 fully saturated rings. The number of hydrogen-bond donors (Lipinski definition) is 1. The monoisotopic (exact) mass is 293 g/mol. The number of ether oxygens (including phenoxy) is 2. The first kappa shape index (κ1) is 13.9. The van der Waals surface area contributed by atoms with Crippen LogP contribution in [0.5, 0.6) is 0 Å². The van der Waals surface area contributed by atoms with Gasteiger partial charge in [0.05, 0.1) is 19.8 Å². The van der Waals surface area contributed by atoms with Crippen molar-refractivity contribution in [2.45, 2.75) is 32.4 Å². The average Bonchev–Trinajstić information content (AvgIpc) is 2.29. The van der Waals surface area contributed by atoms with Gasteiger partial charge in [-0.2, -0.15) is 0 Å². The summed E-state index contributed by atoms with van der Waals surface area (Å²) < 4.78 is 10.6. The van der Waals surface area contributed by atoms with Crippen molar-refractivity contribution >= 4 is 21.8 Å². The molecule has 1 aliphatic heterocycles. The SMILES string of the molecule is CC(C)C(CCBr)NC(=O)C1COCCO1. The van der Waals surface area contributed by atoms with Crippen LogP contribution in [0.2, 0.25) is 0 Å². The zero-order valence-electron chi connectivity index (χ0n) is 9.87. The van der Waals surface area contributed by atoms with Gasteiger partial charge in [-0.1, -0.05) is 29.8 Å². The zero-order chi connectivity index (χ0) is 12.0. The molecule has 2 atom stereocenters. The summed E-state index contributed by atoms with van der Waals surface area (Å²) in [7, 11) is 0. The van der Waals surface area contributed by atoms with E-state index >= 15 is 0 Å². The van der Waals surface area contributed by atoms with E-state index in [1.165, 1.54) is 0 Å². The Kier molecular flexibility index (Phi) is 6.31. The van der Waals surface area contributed by atoms with Crippen LogP contribution in [-0.2, 0) is 14.3 Å². The third kappa shape index (κ3) is 4.39. The summed E-state index contributed by atoms with van der Waals surface area (Å²) in [5.41, 5.74) is 0. The molecule has 16 heavy (non-hydrogen) atoms. The van der Waals surface area contributed by atoms with Crippen LogP contribution < -0.4 is 5.32 Å². The lowest BCUT2D eigenvalue weighted by molar-refractivity contribution is -0.148. The second kappa shape index (κ2) is 7.25. The first-order valence-corrected chi connectivity index (χ1v) is 6.83. The first-order valence-electron chi connectivity index (χ1n) is 5.70. The van der Waals surface area contributed by atoms with E-state index in [0.29, 0.717) is 25.7 Å². The maximum Gasteiger partial charge on any atom is 0.251 e. The van der Waals surface area contributed by atoms with Gasteiger partial charge in [0.15, 0.2) is 6.10 Å². The Morgan fingerprint density at radius 3 is 2.75 bits per heavy atom. The van der Waals surface area contributed by atoms with Crippen LogP contribution in [-0.4, -0.2) is 43.2 Å². The molecule has 0 saturated carbocycles. The summed E-state index contributed by atoms with van der Waals surface area (Å²) in [5.74, 6) is 0.366. The smallest absolute Gasteiger partial charge is 0.251 e. The fourth-order valence-electron chi connectivity index (χ4n) is 1.60. The molecular formula is C11H20BrNO3.